The Bertz CT molecular complexity index is 1170. The number of rotatable bonds is 5. The van der Waals surface area contributed by atoms with Crippen LogP contribution in [0.3, 0.4) is 0 Å². The molecule has 0 fully saturated rings. The fourth-order valence-corrected chi connectivity index (χ4v) is 3.99. The number of anilines is 1. The molecule has 33 heavy (non-hydrogen) atoms. The monoisotopic (exact) mass is 468 g/mol. The van der Waals surface area contributed by atoms with Crippen molar-refractivity contribution in [1.29, 1.82) is 0 Å². The summed E-state index contributed by atoms with van der Waals surface area (Å²) in [5, 5.41) is 11.2. The van der Waals surface area contributed by atoms with Crippen molar-refractivity contribution in [3.8, 4) is 5.75 Å². The van der Waals surface area contributed by atoms with Crippen molar-refractivity contribution in [3.05, 3.63) is 94.9 Å². The smallest absolute Gasteiger partial charge is 0.0622 e. The number of thioether (sulfide) groups is 1. The fourth-order valence-electron chi connectivity index (χ4n) is 2.83. The molecule has 162 valence electrons. The van der Waals surface area contributed by atoms with E-state index in [2.05, 4.69) is 22.4 Å². The number of nitrogens with one attached hydrogen (secondary N) is 1. The summed E-state index contributed by atoms with van der Waals surface area (Å²) in [7, 11) is 0. The topological polar surface area (TPSA) is 88.0 Å². The van der Waals surface area contributed by atoms with E-state index in [4.69, 9.17) is 14.6 Å². The van der Waals surface area contributed by atoms with Gasteiger partial charge in [0, 0.05) is 6.92 Å². The minimum atomic E-state index is -0.833. The molecule has 0 aliphatic carbocycles. The summed E-state index contributed by atoms with van der Waals surface area (Å²) >= 11 is 2.36. The Morgan fingerprint density at radius 3 is 2.39 bits per heavy atom. The van der Waals surface area contributed by atoms with Crippen LogP contribution in [0.15, 0.2) is 88.8 Å². The average Bonchev–Trinajstić information content (AvgIpc) is 3.13. The summed E-state index contributed by atoms with van der Waals surface area (Å²) < 4.78 is 7.31. The summed E-state index contributed by atoms with van der Waals surface area (Å²) in [6.45, 7) is 1.56. The molecule has 6 nitrogen and oxygen atoms in total. The molecule has 0 atom stereocenters. The molecule has 0 saturated heterocycles. The normalized spacial score (nSPS) is 13.7. The van der Waals surface area contributed by atoms with Crippen molar-refractivity contribution in [1.82, 2.24) is 0 Å². The number of aliphatic carboxylic acids is 1. The third-order valence-corrected chi connectivity index (χ3v) is 5.93. The molecule has 0 radical (unpaired) electrons. The SMILES string of the molecule is CC(=O)O.O=C1N=C(Nc2cc[c]([Na])cc2)S/C1=C/c1ccccc1OCc1ccccc1. The Balaban J connectivity index is 0.000000709. The molecule has 0 aromatic heterocycles. The first-order valence-electron chi connectivity index (χ1n) is 10.2. The van der Waals surface area contributed by atoms with E-state index in [9.17, 15) is 4.79 Å². The number of benzene rings is 3. The summed E-state index contributed by atoms with van der Waals surface area (Å²) in [5.74, 6) is -0.337. The third kappa shape index (κ3) is 8.22. The Morgan fingerprint density at radius 1 is 1.06 bits per heavy atom. The van der Waals surface area contributed by atoms with Gasteiger partial charge in [0.05, 0.1) is 0 Å². The van der Waals surface area contributed by atoms with Gasteiger partial charge in [-0.2, -0.15) is 0 Å². The minimum absolute atomic E-state index is 0.241. The van der Waals surface area contributed by atoms with E-state index in [-0.39, 0.29) is 5.91 Å². The number of carboxylic acid groups (broad SMARTS) is 1. The number of nitrogens with zero attached hydrogens (tertiary/aromatic N) is 1. The summed E-state index contributed by atoms with van der Waals surface area (Å²) in [6, 6.07) is 25.9. The number of hydrogen-bond donors (Lipinski definition) is 2. The quantitative estimate of drug-likeness (QED) is 0.430. The Hall–Kier alpha value is -2.84. The summed E-state index contributed by atoms with van der Waals surface area (Å²) in [4.78, 5) is 26.1. The van der Waals surface area contributed by atoms with Gasteiger partial charge < -0.3 is 5.11 Å². The number of amides is 1. The zero-order valence-electron chi connectivity index (χ0n) is 18.3. The Labute approximate surface area is 214 Å². The van der Waals surface area contributed by atoms with Crippen molar-refractivity contribution in [2.24, 2.45) is 4.99 Å². The predicted octanol–water partition coefficient (Wildman–Crippen LogP) is 4.23. The zero-order valence-corrected chi connectivity index (χ0v) is 21.1. The molecule has 0 saturated carbocycles. The number of ether oxygens (including phenoxy) is 1. The predicted molar refractivity (Wildman–Crippen MR) is 134 cm³/mol. The number of amidine groups is 1. The van der Waals surface area contributed by atoms with Crippen molar-refractivity contribution >= 4 is 71.3 Å². The second-order valence-electron chi connectivity index (χ2n) is 7.15. The van der Waals surface area contributed by atoms with Gasteiger partial charge in [-0.1, -0.05) is 36.4 Å². The van der Waals surface area contributed by atoms with Gasteiger partial charge in [-0.3, -0.25) is 4.79 Å². The van der Waals surface area contributed by atoms with E-state index in [1.54, 1.807) is 0 Å². The molecule has 1 heterocycles. The number of para-hydroxylation sites is 1. The van der Waals surface area contributed by atoms with Gasteiger partial charge in [0.15, 0.2) is 0 Å². The minimum Gasteiger partial charge on any atom is -0.0622 e. The molecule has 1 amide bonds. The van der Waals surface area contributed by atoms with Crippen molar-refractivity contribution in [2.45, 2.75) is 13.5 Å². The van der Waals surface area contributed by atoms with E-state index in [1.807, 2.05) is 72.8 Å². The van der Waals surface area contributed by atoms with Gasteiger partial charge in [0.25, 0.3) is 5.97 Å². The fraction of sp³-hybridized carbons (Fsp3) is 0.0800. The molecule has 8 heteroatoms. The molecule has 2 N–H and O–H groups in total. The molecule has 1 aliphatic heterocycles. The number of carbonyl (C=O) groups is 2. The standard InChI is InChI=1S/C23H17N2O2S.C2H4O2.Na/c26-22-21(28-23(25-22)24-19-12-5-2-6-13-19)15-18-11-7-8-14-20(18)27-16-17-9-3-1-4-10-17;1-2(3)4;/h1,3-15H,16H2,(H,24,25,26);1H3,(H,3,4);/b21-15+;;. The molecular weight excluding hydrogens is 447 g/mol. The van der Waals surface area contributed by atoms with Gasteiger partial charge in [-0.05, 0) is 5.56 Å². The molecule has 0 spiro atoms. The van der Waals surface area contributed by atoms with Crippen LogP contribution >= 0.6 is 11.8 Å². The first-order chi connectivity index (χ1) is 15.9. The molecule has 1 aliphatic rings. The molecule has 4 rings (SSSR count). The second-order valence-corrected chi connectivity index (χ2v) is 9.34. The molecule has 3 aromatic rings. The zero-order chi connectivity index (χ0) is 23.6. The van der Waals surface area contributed by atoms with Crippen LogP contribution in [0.25, 0.3) is 6.08 Å². The van der Waals surface area contributed by atoms with E-state index >= 15 is 0 Å². The van der Waals surface area contributed by atoms with Gasteiger partial charge in [0.1, 0.15) is 6.61 Å². The van der Waals surface area contributed by atoms with E-state index in [0.29, 0.717) is 16.7 Å². The van der Waals surface area contributed by atoms with Gasteiger partial charge in [-0.15, -0.1) is 0 Å². The van der Waals surface area contributed by atoms with Crippen LogP contribution in [-0.2, 0) is 16.2 Å². The molecule has 0 bridgehead atoms. The molecule has 0 unspecified atom stereocenters. The van der Waals surface area contributed by atoms with E-state index in [0.717, 1.165) is 57.4 Å². The van der Waals surface area contributed by atoms with Crippen LogP contribution in [0.2, 0.25) is 0 Å². The first-order valence-corrected chi connectivity index (χ1v) is 12.0. The molecule has 3 aromatic carbocycles. The summed E-state index contributed by atoms with van der Waals surface area (Å²) in [5.41, 5.74) is 2.88. The second kappa shape index (κ2) is 12.4. The van der Waals surface area contributed by atoms with Gasteiger partial charge >= 0.3 is 144 Å². The maximum atomic E-state index is 12.4. The van der Waals surface area contributed by atoms with Gasteiger partial charge in [0.2, 0.25) is 0 Å². The van der Waals surface area contributed by atoms with Crippen LogP contribution in [0.1, 0.15) is 18.1 Å². The number of carbonyl (C=O) groups excluding carboxylic acids is 1. The first kappa shape index (κ1) is 24.8. The summed E-state index contributed by atoms with van der Waals surface area (Å²) in [6.07, 6.45) is 1.84. The van der Waals surface area contributed by atoms with Crippen molar-refractivity contribution in [3.63, 3.8) is 0 Å². The number of carboxylic acids is 1. The van der Waals surface area contributed by atoms with Crippen LogP contribution in [-0.4, -0.2) is 50.1 Å². The van der Waals surface area contributed by atoms with Gasteiger partial charge in [-0.25, -0.2) is 0 Å². The Kier molecular flexibility index (Phi) is 9.33. The van der Waals surface area contributed by atoms with Crippen LogP contribution in [0, 0.1) is 0 Å². The number of hydrogen-bond acceptors (Lipinski definition) is 5. The van der Waals surface area contributed by atoms with E-state index in [1.165, 1.54) is 14.6 Å². The average molecular weight is 469 g/mol. The Morgan fingerprint density at radius 2 is 1.70 bits per heavy atom. The maximum absolute atomic E-state index is 12.4. The van der Waals surface area contributed by atoms with Crippen molar-refractivity contribution in [2.75, 3.05) is 5.32 Å². The third-order valence-electron chi connectivity index (χ3n) is 4.37. The number of aliphatic imine (C=N–C) groups is 1. The van der Waals surface area contributed by atoms with Crippen molar-refractivity contribution < 1.29 is 19.4 Å². The molecular formula is C25H21N2NaO4S. The van der Waals surface area contributed by atoms with Crippen LogP contribution in [0.4, 0.5) is 5.69 Å². The van der Waals surface area contributed by atoms with E-state index < -0.39 is 5.97 Å². The van der Waals surface area contributed by atoms with Crippen LogP contribution in [0.5, 0.6) is 5.75 Å². The van der Waals surface area contributed by atoms with Crippen LogP contribution < -0.4 is 12.9 Å².